The second kappa shape index (κ2) is 2.70. The highest BCUT2D eigenvalue weighted by molar-refractivity contribution is 4.89. The molecule has 0 aliphatic carbocycles. The summed E-state index contributed by atoms with van der Waals surface area (Å²) < 4.78 is 13.1. The second-order valence-electron chi connectivity index (χ2n) is 3.19. The fourth-order valence-corrected chi connectivity index (χ4v) is 1.35. The van der Waals surface area contributed by atoms with Gasteiger partial charge < -0.3 is 0 Å². The maximum absolute atomic E-state index is 13.1. The van der Waals surface area contributed by atoms with E-state index in [4.69, 9.17) is 0 Å². The van der Waals surface area contributed by atoms with Gasteiger partial charge in [-0.2, -0.15) is 0 Å². The van der Waals surface area contributed by atoms with Gasteiger partial charge in [0.15, 0.2) is 0 Å². The van der Waals surface area contributed by atoms with Crippen molar-refractivity contribution in [1.29, 1.82) is 0 Å². The number of hydrogen-bond acceptors (Lipinski definition) is 1. The van der Waals surface area contributed by atoms with Crippen molar-refractivity contribution >= 4 is 0 Å². The summed E-state index contributed by atoms with van der Waals surface area (Å²) in [4.78, 5) is 2.08. The van der Waals surface area contributed by atoms with Crippen LogP contribution in [-0.2, 0) is 0 Å². The summed E-state index contributed by atoms with van der Waals surface area (Å²) in [6.45, 7) is 7.53. The van der Waals surface area contributed by atoms with Crippen LogP contribution in [0, 0.1) is 0 Å². The molecule has 0 aromatic rings. The molecule has 2 heteroatoms. The number of alkyl halides is 1. The van der Waals surface area contributed by atoms with Gasteiger partial charge in [-0.25, -0.2) is 4.39 Å². The molecule has 1 unspecified atom stereocenters. The molecule has 0 N–H and O–H groups in total. The van der Waals surface area contributed by atoms with E-state index in [0.717, 1.165) is 13.1 Å². The summed E-state index contributed by atoms with van der Waals surface area (Å²) >= 11 is 0. The van der Waals surface area contributed by atoms with E-state index >= 15 is 0 Å². The van der Waals surface area contributed by atoms with Crippen LogP contribution in [0.4, 0.5) is 4.39 Å². The number of hydrogen-bond donors (Lipinski definition) is 0. The molecule has 1 aliphatic rings. The molecule has 1 rings (SSSR count). The predicted molar refractivity (Wildman–Crippen MR) is 40.8 cm³/mol. The predicted octanol–water partition coefficient (Wildman–Crippen LogP) is 1.61. The van der Waals surface area contributed by atoms with Gasteiger partial charge in [0.1, 0.15) is 5.67 Å². The van der Waals surface area contributed by atoms with Crippen LogP contribution in [0.25, 0.3) is 0 Å². The van der Waals surface area contributed by atoms with E-state index in [0.29, 0.717) is 13.0 Å². The first kappa shape index (κ1) is 7.73. The fraction of sp³-hybridized carbons (Fsp3) is 0.750. The maximum Gasteiger partial charge on any atom is 0.122 e. The van der Waals surface area contributed by atoms with Gasteiger partial charge >= 0.3 is 0 Å². The third-order valence-corrected chi connectivity index (χ3v) is 1.89. The molecule has 1 saturated heterocycles. The maximum atomic E-state index is 13.1. The Balaban J connectivity index is 2.35. The molecule has 0 radical (unpaired) electrons. The van der Waals surface area contributed by atoms with Gasteiger partial charge in [0.25, 0.3) is 0 Å². The monoisotopic (exact) mass is 143 g/mol. The molecule has 0 bridgehead atoms. The molecule has 58 valence electrons. The molecule has 1 fully saturated rings. The van der Waals surface area contributed by atoms with Crippen LogP contribution >= 0.6 is 0 Å². The second-order valence-corrected chi connectivity index (χ2v) is 3.19. The molecule has 1 aliphatic heterocycles. The van der Waals surface area contributed by atoms with Crippen molar-refractivity contribution < 1.29 is 4.39 Å². The van der Waals surface area contributed by atoms with Crippen LogP contribution in [0.1, 0.15) is 13.3 Å². The highest BCUT2D eigenvalue weighted by Gasteiger charge is 2.32. The SMILES string of the molecule is C=CCN1CCC(C)(F)C1. The van der Waals surface area contributed by atoms with E-state index < -0.39 is 5.67 Å². The van der Waals surface area contributed by atoms with Gasteiger partial charge in [0.05, 0.1) is 0 Å². The standard InChI is InChI=1S/C8H14FN/c1-3-5-10-6-4-8(2,9)7-10/h3H,1,4-7H2,2H3. The lowest BCUT2D eigenvalue weighted by Crippen LogP contribution is -2.26. The van der Waals surface area contributed by atoms with E-state index in [9.17, 15) is 4.39 Å². The average Bonchev–Trinajstić information content (AvgIpc) is 2.12. The van der Waals surface area contributed by atoms with Crippen LogP contribution in [0.3, 0.4) is 0 Å². The van der Waals surface area contributed by atoms with E-state index in [-0.39, 0.29) is 0 Å². The highest BCUT2D eigenvalue weighted by atomic mass is 19.1. The van der Waals surface area contributed by atoms with E-state index in [2.05, 4.69) is 11.5 Å². The Hall–Kier alpha value is -0.370. The summed E-state index contributed by atoms with van der Waals surface area (Å²) in [5, 5.41) is 0. The minimum atomic E-state index is -0.955. The zero-order chi connectivity index (χ0) is 7.61. The summed E-state index contributed by atoms with van der Waals surface area (Å²) in [6.07, 6.45) is 2.49. The molecule has 1 nitrogen and oxygen atoms in total. The Kier molecular flexibility index (Phi) is 2.09. The Labute approximate surface area is 61.5 Å². The van der Waals surface area contributed by atoms with Crippen molar-refractivity contribution in [2.75, 3.05) is 19.6 Å². The number of nitrogens with zero attached hydrogens (tertiary/aromatic N) is 1. The smallest absolute Gasteiger partial charge is 0.122 e. The van der Waals surface area contributed by atoms with Crippen molar-refractivity contribution in [3.8, 4) is 0 Å². The van der Waals surface area contributed by atoms with E-state index in [1.54, 1.807) is 6.92 Å². The first-order valence-electron chi connectivity index (χ1n) is 3.66. The quantitative estimate of drug-likeness (QED) is 0.531. The molecule has 0 aromatic carbocycles. The molecular weight excluding hydrogens is 129 g/mol. The Morgan fingerprint density at radius 3 is 2.90 bits per heavy atom. The lowest BCUT2D eigenvalue weighted by atomic mass is 10.1. The van der Waals surface area contributed by atoms with Gasteiger partial charge in [0.2, 0.25) is 0 Å². The first-order chi connectivity index (χ1) is 4.64. The lowest BCUT2D eigenvalue weighted by Gasteiger charge is -2.14. The highest BCUT2D eigenvalue weighted by Crippen LogP contribution is 2.23. The Bertz CT molecular complexity index is 131. The largest absolute Gasteiger partial charge is 0.296 e. The average molecular weight is 143 g/mol. The van der Waals surface area contributed by atoms with E-state index in [1.807, 2.05) is 6.08 Å². The molecular formula is C8H14FN. The van der Waals surface area contributed by atoms with Crippen LogP contribution < -0.4 is 0 Å². The zero-order valence-electron chi connectivity index (χ0n) is 6.44. The van der Waals surface area contributed by atoms with E-state index in [1.165, 1.54) is 0 Å². The van der Waals surface area contributed by atoms with Crippen molar-refractivity contribution in [2.24, 2.45) is 0 Å². The molecule has 0 saturated carbocycles. The van der Waals surface area contributed by atoms with Gasteiger partial charge in [-0.05, 0) is 13.3 Å². The molecule has 10 heavy (non-hydrogen) atoms. The first-order valence-corrected chi connectivity index (χ1v) is 3.66. The molecule has 0 aromatic heterocycles. The number of likely N-dealkylation sites (tertiary alicyclic amines) is 1. The normalized spacial score (nSPS) is 34.6. The molecule has 0 amide bonds. The lowest BCUT2D eigenvalue weighted by molar-refractivity contribution is 0.194. The van der Waals surface area contributed by atoms with Gasteiger partial charge in [-0.15, -0.1) is 6.58 Å². The van der Waals surface area contributed by atoms with Gasteiger partial charge in [-0.3, -0.25) is 4.90 Å². The third-order valence-electron chi connectivity index (χ3n) is 1.89. The Morgan fingerprint density at radius 1 is 1.80 bits per heavy atom. The summed E-state index contributed by atoms with van der Waals surface area (Å²) in [6, 6.07) is 0. The third kappa shape index (κ3) is 1.81. The topological polar surface area (TPSA) is 3.24 Å². The molecule has 0 spiro atoms. The van der Waals surface area contributed by atoms with Crippen molar-refractivity contribution in [3.05, 3.63) is 12.7 Å². The fourth-order valence-electron chi connectivity index (χ4n) is 1.35. The molecule has 1 heterocycles. The minimum Gasteiger partial charge on any atom is -0.296 e. The van der Waals surface area contributed by atoms with Gasteiger partial charge in [0, 0.05) is 19.6 Å². The van der Waals surface area contributed by atoms with Crippen LogP contribution in [0.5, 0.6) is 0 Å². The van der Waals surface area contributed by atoms with Gasteiger partial charge in [-0.1, -0.05) is 6.08 Å². The number of halogens is 1. The van der Waals surface area contributed by atoms with Crippen molar-refractivity contribution in [2.45, 2.75) is 19.0 Å². The Morgan fingerprint density at radius 2 is 2.50 bits per heavy atom. The zero-order valence-corrected chi connectivity index (χ0v) is 6.44. The van der Waals surface area contributed by atoms with Crippen LogP contribution in [-0.4, -0.2) is 30.2 Å². The molecule has 1 atom stereocenters. The van der Waals surface area contributed by atoms with Crippen LogP contribution in [0.15, 0.2) is 12.7 Å². The summed E-state index contributed by atoms with van der Waals surface area (Å²) in [5.74, 6) is 0. The number of rotatable bonds is 2. The summed E-state index contributed by atoms with van der Waals surface area (Å²) in [7, 11) is 0. The summed E-state index contributed by atoms with van der Waals surface area (Å²) in [5.41, 5.74) is -0.955. The van der Waals surface area contributed by atoms with Crippen molar-refractivity contribution in [3.63, 3.8) is 0 Å². The van der Waals surface area contributed by atoms with Crippen LogP contribution in [0.2, 0.25) is 0 Å². The van der Waals surface area contributed by atoms with Crippen molar-refractivity contribution in [1.82, 2.24) is 4.90 Å². The minimum absolute atomic E-state index is 0.568.